The number of pyridine rings is 1. The average molecular weight is 438 g/mol. The van der Waals surface area contributed by atoms with Crippen molar-refractivity contribution in [2.24, 2.45) is 0 Å². The van der Waals surface area contributed by atoms with Crippen LogP contribution in [0.15, 0.2) is 42.5 Å². The highest BCUT2D eigenvalue weighted by molar-refractivity contribution is 5.91. The Bertz CT molecular complexity index is 1260. The van der Waals surface area contributed by atoms with Gasteiger partial charge in [-0.1, -0.05) is 37.3 Å². The number of carbonyl (C=O) groups excluding carboxylic acids is 1. The number of amides is 1. The van der Waals surface area contributed by atoms with E-state index < -0.39 is 6.43 Å². The summed E-state index contributed by atoms with van der Waals surface area (Å²) in [4.78, 5) is 17.3. The number of carbonyl (C=O) groups is 1. The number of rotatable bonds is 7. The van der Waals surface area contributed by atoms with Crippen LogP contribution in [0.5, 0.6) is 0 Å². The molecule has 4 aromatic rings. The zero-order valence-electron chi connectivity index (χ0n) is 18.1. The Morgan fingerprint density at radius 1 is 1.09 bits per heavy atom. The molecule has 4 rings (SSSR count). The molecule has 0 atom stereocenters. The van der Waals surface area contributed by atoms with Crippen molar-refractivity contribution >= 4 is 22.8 Å². The number of nitrogens with one attached hydrogen (secondary N) is 1. The van der Waals surface area contributed by atoms with E-state index in [1.54, 1.807) is 25.1 Å². The second-order valence-electron chi connectivity index (χ2n) is 7.65. The van der Waals surface area contributed by atoms with Crippen molar-refractivity contribution < 1.29 is 13.6 Å². The lowest BCUT2D eigenvalue weighted by Crippen LogP contribution is -2.20. The molecule has 3 aromatic heterocycles. The summed E-state index contributed by atoms with van der Waals surface area (Å²) in [5.41, 5.74) is 2.57. The number of hydrogen-bond donors (Lipinski definition) is 1. The highest BCUT2D eigenvalue weighted by Crippen LogP contribution is 2.33. The number of benzene rings is 1. The molecule has 0 saturated heterocycles. The summed E-state index contributed by atoms with van der Waals surface area (Å²) in [6.07, 6.45) is -1.77. The van der Waals surface area contributed by atoms with Crippen molar-refractivity contribution in [3.8, 4) is 11.3 Å². The predicted octanol–water partition coefficient (Wildman–Crippen LogP) is 4.90. The van der Waals surface area contributed by atoms with E-state index in [1.165, 1.54) is 10.7 Å². The number of aryl methyl sites for hydroxylation is 3. The molecule has 1 amide bonds. The monoisotopic (exact) mass is 438 g/mol. The van der Waals surface area contributed by atoms with E-state index in [9.17, 15) is 13.6 Å². The molecule has 0 bridgehead atoms. The maximum atomic E-state index is 13.9. The average Bonchev–Trinajstić information content (AvgIpc) is 3.27. The van der Waals surface area contributed by atoms with Gasteiger partial charge in [0.05, 0.1) is 16.8 Å². The van der Waals surface area contributed by atoms with Gasteiger partial charge in [-0.15, -0.1) is 0 Å². The quantitative estimate of drug-likeness (QED) is 0.445. The normalized spacial score (nSPS) is 11.4. The Hall–Kier alpha value is -3.62. The number of anilines is 1. The summed E-state index contributed by atoms with van der Waals surface area (Å²) in [6.45, 7) is 6.20. The van der Waals surface area contributed by atoms with Crippen LogP contribution in [0.2, 0.25) is 0 Å². The number of fused-ring (bicyclic) bond motifs is 1. The van der Waals surface area contributed by atoms with Crippen LogP contribution in [0.3, 0.4) is 0 Å². The number of aromatic nitrogens is 5. The Labute approximate surface area is 184 Å². The molecule has 1 aromatic carbocycles. The molecular formula is C23H24F2N6O. The first-order valence-corrected chi connectivity index (χ1v) is 10.4. The van der Waals surface area contributed by atoms with Crippen LogP contribution < -0.4 is 5.32 Å². The summed E-state index contributed by atoms with van der Waals surface area (Å²) in [5, 5.41) is 11.7. The van der Waals surface area contributed by atoms with Gasteiger partial charge in [-0.25, -0.2) is 18.4 Å². The zero-order chi connectivity index (χ0) is 22.8. The van der Waals surface area contributed by atoms with Gasteiger partial charge in [0.15, 0.2) is 11.5 Å². The fourth-order valence-corrected chi connectivity index (χ4v) is 3.75. The van der Waals surface area contributed by atoms with Crippen LogP contribution in [-0.4, -0.2) is 30.5 Å². The number of halogens is 2. The maximum Gasteiger partial charge on any atom is 0.264 e. The van der Waals surface area contributed by atoms with Crippen LogP contribution in [0.25, 0.3) is 22.3 Å². The van der Waals surface area contributed by atoms with Gasteiger partial charge in [-0.05, 0) is 26.3 Å². The Morgan fingerprint density at radius 2 is 1.84 bits per heavy atom. The third-order valence-corrected chi connectivity index (χ3v) is 5.19. The van der Waals surface area contributed by atoms with Crippen LogP contribution in [0.4, 0.5) is 14.6 Å². The van der Waals surface area contributed by atoms with Gasteiger partial charge in [0.2, 0.25) is 5.91 Å². The third-order valence-electron chi connectivity index (χ3n) is 5.19. The summed E-state index contributed by atoms with van der Waals surface area (Å²) < 4.78 is 31.0. The molecule has 0 unspecified atom stereocenters. The van der Waals surface area contributed by atoms with Gasteiger partial charge in [-0.3, -0.25) is 9.48 Å². The van der Waals surface area contributed by atoms with Crippen LogP contribution in [0.1, 0.15) is 36.7 Å². The molecule has 0 aliphatic rings. The predicted molar refractivity (Wildman–Crippen MR) is 119 cm³/mol. The molecule has 0 radical (unpaired) electrons. The molecule has 0 aliphatic heterocycles. The van der Waals surface area contributed by atoms with E-state index in [1.807, 2.05) is 29.8 Å². The summed E-state index contributed by atoms with van der Waals surface area (Å²) in [7, 11) is 0. The molecule has 0 aliphatic carbocycles. The Balaban J connectivity index is 1.69. The van der Waals surface area contributed by atoms with E-state index in [2.05, 4.69) is 27.4 Å². The molecule has 9 heteroatoms. The van der Waals surface area contributed by atoms with Gasteiger partial charge < -0.3 is 5.32 Å². The largest absolute Gasteiger partial charge is 0.308 e. The molecular weight excluding hydrogens is 414 g/mol. The van der Waals surface area contributed by atoms with Crippen molar-refractivity contribution in [3.05, 3.63) is 59.4 Å². The van der Waals surface area contributed by atoms with E-state index in [0.29, 0.717) is 22.8 Å². The minimum absolute atomic E-state index is 0.146. The number of hydrogen-bond acceptors (Lipinski definition) is 4. The smallest absolute Gasteiger partial charge is 0.264 e. The van der Waals surface area contributed by atoms with Gasteiger partial charge in [0.25, 0.3) is 6.43 Å². The first kappa shape index (κ1) is 21.6. The minimum Gasteiger partial charge on any atom is -0.308 e. The van der Waals surface area contributed by atoms with Crippen LogP contribution in [-0.2, 0) is 17.9 Å². The van der Waals surface area contributed by atoms with Gasteiger partial charge in [-0.2, -0.15) is 10.2 Å². The molecule has 0 saturated carbocycles. The highest BCUT2D eigenvalue weighted by Gasteiger charge is 2.22. The van der Waals surface area contributed by atoms with E-state index in [-0.39, 0.29) is 29.0 Å². The topological polar surface area (TPSA) is 77.6 Å². The third kappa shape index (κ3) is 4.23. The van der Waals surface area contributed by atoms with Gasteiger partial charge >= 0.3 is 0 Å². The van der Waals surface area contributed by atoms with Crippen molar-refractivity contribution in [1.82, 2.24) is 24.5 Å². The molecule has 7 nitrogen and oxygen atoms in total. The maximum absolute atomic E-state index is 13.9. The zero-order valence-corrected chi connectivity index (χ0v) is 18.1. The molecule has 166 valence electrons. The van der Waals surface area contributed by atoms with Crippen molar-refractivity contribution in [3.63, 3.8) is 0 Å². The summed E-state index contributed by atoms with van der Waals surface area (Å²) in [5.74, 6) is 0.0846. The fourth-order valence-electron chi connectivity index (χ4n) is 3.75. The molecule has 1 N–H and O–H groups in total. The lowest BCUT2D eigenvalue weighted by atomic mass is 10.1. The second kappa shape index (κ2) is 8.86. The first-order chi connectivity index (χ1) is 15.4. The summed E-state index contributed by atoms with van der Waals surface area (Å²) in [6, 6.07) is 12.3. The fraction of sp³-hybridized carbons (Fsp3) is 0.304. The Morgan fingerprint density at radius 3 is 2.53 bits per heavy atom. The lowest BCUT2D eigenvalue weighted by Gasteiger charge is -2.09. The van der Waals surface area contributed by atoms with E-state index in [4.69, 9.17) is 0 Å². The molecule has 0 spiro atoms. The SMILES string of the molecule is CCCn1nc(NC(=O)Cn2nc(C)c3c(C(F)F)cc(-c4ccccc4)nc32)cc1C. The summed E-state index contributed by atoms with van der Waals surface area (Å²) >= 11 is 0. The molecule has 32 heavy (non-hydrogen) atoms. The van der Waals surface area contributed by atoms with Crippen molar-refractivity contribution in [2.75, 3.05) is 5.32 Å². The standard InChI is InChI=1S/C23H24F2N6O/c1-4-10-30-14(2)11-19(29-30)27-20(32)13-31-23-21(15(3)28-31)17(22(24)25)12-18(26-23)16-8-6-5-7-9-16/h5-9,11-12,22H,4,10,13H2,1-3H3,(H,27,29,32). The van der Waals surface area contributed by atoms with Crippen molar-refractivity contribution in [1.29, 1.82) is 0 Å². The number of nitrogens with zero attached hydrogens (tertiary/aromatic N) is 5. The number of alkyl halides is 2. The van der Waals surface area contributed by atoms with Crippen LogP contribution in [0, 0.1) is 13.8 Å². The van der Waals surface area contributed by atoms with Crippen LogP contribution >= 0.6 is 0 Å². The van der Waals surface area contributed by atoms with E-state index >= 15 is 0 Å². The lowest BCUT2D eigenvalue weighted by molar-refractivity contribution is -0.116. The van der Waals surface area contributed by atoms with E-state index in [0.717, 1.165) is 18.7 Å². The van der Waals surface area contributed by atoms with Gasteiger partial charge in [0.1, 0.15) is 6.54 Å². The van der Waals surface area contributed by atoms with Gasteiger partial charge in [0, 0.05) is 29.4 Å². The Kier molecular flexibility index (Phi) is 5.98. The second-order valence-corrected chi connectivity index (χ2v) is 7.65. The minimum atomic E-state index is -2.70. The first-order valence-electron chi connectivity index (χ1n) is 10.4. The van der Waals surface area contributed by atoms with Crippen molar-refractivity contribution in [2.45, 2.75) is 46.7 Å². The highest BCUT2D eigenvalue weighted by atomic mass is 19.3. The molecule has 0 fully saturated rings. The molecule has 3 heterocycles.